The largest absolute Gasteiger partial charge is 0.573 e. The van der Waals surface area contributed by atoms with E-state index in [0.29, 0.717) is 42.0 Å². The van der Waals surface area contributed by atoms with Crippen molar-refractivity contribution in [2.45, 2.75) is 26.1 Å². The predicted molar refractivity (Wildman–Crippen MR) is 117 cm³/mol. The molecule has 1 heterocycles. The van der Waals surface area contributed by atoms with Crippen molar-refractivity contribution < 1.29 is 27.0 Å². The molecule has 0 aliphatic carbocycles. The fourth-order valence-electron chi connectivity index (χ4n) is 3.51. The van der Waals surface area contributed by atoms with Gasteiger partial charge >= 0.3 is 6.36 Å². The molecule has 0 aliphatic rings. The van der Waals surface area contributed by atoms with Crippen LogP contribution in [-0.2, 0) is 12.8 Å². The summed E-state index contributed by atoms with van der Waals surface area (Å²) >= 11 is 0. The van der Waals surface area contributed by atoms with Crippen LogP contribution in [0.25, 0.3) is 22.2 Å². The Morgan fingerprint density at radius 3 is 2.24 bits per heavy atom. The van der Waals surface area contributed by atoms with E-state index in [4.69, 9.17) is 4.74 Å². The van der Waals surface area contributed by atoms with Gasteiger partial charge in [0.25, 0.3) is 0 Å². The van der Waals surface area contributed by atoms with Crippen LogP contribution in [0.3, 0.4) is 0 Å². The van der Waals surface area contributed by atoms with Crippen LogP contribution in [0.1, 0.15) is 18.1 Å². The van der Waals surface area contributed by atoms with Crippen LogP contribution in [-0.4, -0.2) is 22.9 Å². The Bertz CT molecular complexity index is 1240. The summed E-state index contributed by atoms with van der Waals surface area (Å²) < 4.78 is 61.1. The SMILES string of the molecule is CCOc1cnc(-c2ccc3c(F)c(CCc4ccc(OC(F)(F)F)cc4)ccc3c2)nc1. The quantitative estimate of drug-likeness (QED) is 0.297. The summed E-state index contributed by atoms with van der Waals surface area (Å²) in [5, 5.41) is 1.20. The van der Waals surface area contributed by atoms with Gasteiger partial charge in [0.05, 0.1) is 19.0 Å². The topological polar surface area (TPSA) is 44.2 Å². The zero-order chi connectivity index (χ0) is 23.4. The molecule has 4 aromatic rings. The number of hydrogen-bond acceptors (Lipinski definition) is 4. The fourth-order valence-corrected chi connectivity index (χ4v) is 3.51. The van der Waals surface area contributed by atoms with E-state index >= 15 is 4.39 Å². The van der Waals surface area contributed by atoms with Crippen LogP contribution in [0.15, 0.2) is 67.0 Å². The number of fused-ring (bicyclic) bond motifs is 1. The minimum absolute atomic E-state index is 0.282. The first-order valence-corrected chi connectivity index (χ1v) is 10.3. The number of aryl methyl sites for hydroxylation is 2. The number of alkyl halides is 3. The van der Waals surface area contributed by atoms with Crippen molar-refractivity contribution >= 4 is 10.8 Å². The highest BCUT2D eigenvalue weighted by molar-refractivity contribution is 5.87. The molecule has 4 nitrogen and oxygen atoms in total. The Morgan fingerprint density at radius 2 is 1.58 bits per heavy atom. The second-order valence-corrected chi connectivity index (χ2v) is 7.34. The average molecular weight is 456 g/mol. The predicted octanol–water partition coefficient (Wildman–Crippen LogP) is 6.52. The lowest BCUT2D eigenvalue weighted by molar-refractivity contribution is -0.274. The molecule has 0 bridgehead atoms. The Morgan fingerprint density at radius 1 is 0.848 bits per heavy atom. The second kappa shape index (κ2) is 9.44. The Kier molecular flexibility index (Phi) is 6.44. The third-order valence-electron chi connectivity index (χ3n) is 5.07. The molecule has 3 aromatic carbocycles. The minimum atomic E-state index is -4.73. The van der Waals surface area contributed by atoms with Crippen molar-refractivity contribution in [1.29, 1.82) is 0 Å². The maximum absolute atomic E-state index is 15.1. The first-order valence-electron chi connectivity index (χ1n) is 10.3. The van der Waals surface area contributed by atoms with Gasteiger partial charge in [-0.05, 0) is 54.5 Å². The van der Waals surface area contributed by atoms with E-state index < -0.39 is 6.36 Å². The number of hydrogen-bond donors (Lipinski definition) is 0. The summed E-state index contributed by atoms with van der Waals surface area (Å²) in [6, 6.07) is 14.5. The van der Waals surface area contributed by atoms with Gasteiger partial charge in [-0.2, -0.15) is 0 Å². The van der Waals surface area contributed by atoms with E-state index in [1.807, 2.05) is 19.1 Å². The number of ether oxygens (including phenoxy) is 2. The van der Waals surface area contributed by atoms with Crippen LogP contribution >= 0.6 is 0 Å². The number of halogens is 4. The van der Waals surface area contributed by atoms with Gasteiger partial charge in [-0.3, -0.25) is 0 Å². The molecule has 0 saturated carbocycles. The number of benzene rings is 3. The maximum Gasteiger partial charge on any atom is 0.573 e. The molecular weight excluding hydrogens is 436 g/mol. The molecule has 0 amide bonds. The molecule has 0 N–H and O–H groups in total. The number of nitrogens with zero attached hydrogens (tertiary/aromatic N) is 2. The molecular formula is C25H20F4N2O2. The van der Waals surface area contributed by atoms with E-state index in [-0.39, 0.29) is 11.6 Å². The lowest BCUT2D eigenvalue weighted by Gasteiger charge is -2.10. The van der Waals surface area contributed by atoms with Gasteiger partial charge < -0.3 is 9.47 Å². The van der Waals surface area contributed by atoms with Crippen LogP contribution < -0.4 is 9.47 Å². The molecule has 33 heavy (non-hydrogen) atoms. The first-order chi connectivity index (χ1) is 15.8. The van der Waals surface area contributed by atoms with Gasteiger partial charge in [0, 0.05) is 10.9 Å². The third kappa shape index (κ3) is 5.58. The minimum Gasteiger partial charge on any atom is -0.491 e. The molecule has 170 valence electrons. The maximum atomic E-state index is 15.1. The average Bonchev–Trinajstić information content (AvgIpc) is 2.79. The molecule has 8 heteroatoms. The van der Waals surface area contributed by atoms with E-state index in [9.17, 15) is 13.2 Å². The molecule has 0 aliphatic heterocycles. The normalized spacial score (nSPS) is 11.5. The van der Waals surface area contributed by atoms with Gasteiger partial charge in [-0.15, -0.1) is 13.2 Å². The van der Waals surface area contributed by atoms with Gasteiger partial charge in [-0.25, -0.2) is 14.4 Å². The molecule has 0 fully saturated rings. The third-order valence-corrected chi connectivity index (χ3v) is 5.07. The smallest absolute Gasteiger partial charge is 0.491 e. The molecule has 0 radical (unpaired) electrons. The summed E-state index contributed by atoms with van der Waals surface area (Å²) in [5.74, 6) is 0.502. The first kappa shape index (κ1) is 22.5. The lowest BCUT2D eigenvalue weighted by atomic mass is 9.99. The number of aromatic nitrogens is 2. The van der Waals surface area contributed by atoms with Gasteiger partial charge in [-0.1, -0.05) is 36.4 Å². The summed E-state index contributed by atoms with van der Waals surface area (Å²) in [5.41, 5.74) is 2.08. The standard InChI is InChI=1S/C25H20F4N2O2/c1-2-32-21-14-30-24(31-15-21)19-9-12-22-18(13-19)8-7-17(23(22)26)6-3-16-4-10-20(11-5-16)33-25(27,28)29/h4-5,7-15H,2-3,6H2,1H3. The highest BCUT2D eigenvalue weighted by Gasteiger charge is 2.30. The van der Waals surface area contributed by atoms with Crippen LogP contribution in [0.4, 0.5) is 17.6 Å². The van der Waals surface area contributed by atoms with Gasteiger partial charge in [0.15, 0.2) is 11.6 Å². The Labute approximate surface area is 187 Å². The zero-order valence-corrected chi connectivity index (χ0v) is 17.7. The molecule has 0 spiro atoms. The van der Waals surface area contributed by atoms with Crippen molar-refractivity contribution in [3.8, 4) is 22.9 Å². The summed E-state index contributed by atoms with van der Waals surface area (Å²) in [6.45, 7) is 2.40. The van der Waals surface area contributed by atoms with Crippen molar-refractivity contribution in [1.82, 2.24) is 9.97 Å². The van der Waals surface area contributed by atoms with Gasteiger partial charge in [0.2, 0.25) is 0 Å². The van der Waals surface area contributed by atoms with Gasteiger partial charge in [0.1, 0.15) is 11.6 Å². The van der Waals surface area contributed by atoms with Crippen molar-refractivity contribution in [2.75, 3.05) is 6.61 Å². The molecule has 4 rings (SSSR count). The van der Waals surface area contributed by atoms with E-state index in [1.165, 1.54) is 12.1 Å². The fraction of sp³-hybridized carbons (Fsp3) is 0.200. The van der Waals surface area contributed by atoms with Crippen molar-refractivity contribution in [3.05, 3.63) is 83.9 Å². The number of rotatable bonds is 7. The Balaban J connectivity index is 1.48. The van der Waals surface area contributed by atoms with E-state index in [2.05, 4.69) is 14.7 Å². The zero-order valence-electron chi connectivity index (χ0n) is 17.7. The highest BCUT2D eigenvalue weighted by Crippen LogP contribution is 2.28. The lowest BCUT2D eigenvalue weighted by Crippen LogP contribution is -2.17. The Hall–Kier alpha value is -3.68. The van der Waals surface area contributed by atoms with Crippen LogP contribution in [0, 0.1) is 5.82 Å². The molecule has 1 aromatic heterocycles. The molecule has 0 atom stereocenters. The summed E-state index contributed by atoms with van der Waals surface area (Å²) in [7, 11) is 0. The van der Waals surface area contributed by atoms with Crippen LogP contribution in [0.5, 0.6) is 11.5 Å². The van der Waals surface area contributed by atoms with E-state index in [0.717, 1.165) is 16.5 Å². The second-order valence-electron chi connectivity index (χ2n) is 7.34. The highest BCUT2D eigenvalue weighted by atomic mass is 19.4. The monoisotopic (exact) mass is 456 g/mol. The van der Waals surface area contributed by atoms with Crippen LogP contribution in [0.2, 0.25) is 0 Å². The summed E-state index contributed by atoms with van der Waals surface area (Å²) in [6.07, 6.45) is -0.643. The summed E-state index contributed by atoms with van der Waals surface area (Å²) in [4.78, 5) is 8.60. The van der Waals surface area contributed by atoms with E-state index in [1.54, 1.807) is 42.7 Å². The van der Waals surface area contributed by atoms with Crippen molar-refractivity contribution in [2.24, 2.45) is 0 Å². The van der Waals surface area contributed by atoms with Crippen molar-refractivity contribution in [3.63, 3.8) is 0 Å². The molecule has 0 unspecified atom stereocenters. The molecule has 0 saturated heterocycles.